The number of halogens is 4. The summed E-state index contributed by atoms with van der Waals surface area (Å²) < 4.78 is 48.0. The predicted octanol–water partition coefficient (Wildman–Crippen LogP) is 5.09. The van der Waals surface area contributed by atoms with Crippen molar-refractivity contribution in [2.75, 3.05) is 13.2 Å². The largest absolute Gasteiger partial charge is 0.506 e. The van der Waals surface area contributed by atoms with Crippen LogP contribution in [0.15, 0.2) is 36.5 Å². The first-order chi connectivity index (χ1) is 11.9. The van der Waals surface area contributed by atoms with Crippen LogP contribution < -0.4 is 9.47 Å². The molecule has 8 heteroatoms. The minimum absolute atomic E-state index is 0.00282. The summed E-state index contributed by atoms with van der Waals surface area (Å²) in [4.78, 5) is 3.63. The quantitative estimate of drug-likeness (QED) is 0.653. The minimum atomic E-state index is -4.40. The predicted molar refractivity (Wildman–Crippen MR) is 87.2 cm³/mol. The molecular formula is C17H17ClF3NO3. The van der Waals surface area contributed by atoms with E-state index >= 15 is 0 Å². The third-order valence-electron chi connectivity index (χ3n) is 3.29. The lowest BCUT2D eigenvalue weighted by Gasteiger charge is -2.09. The smallest absolute Gasteiger partial charge is 0.417 e. The second kappa shape index (κ2) is 8.80. The normalized spacial score (nSPS) is 11.4. The Labute approximate surface area is 148 Å². The third-order valence-corrected chi connectivity index (χ3v) is 3.59. The number of ether oxygens (including phenoxy) is 2. The molecule has 0 atom stereocenters. The van der Waals surface area contributed by atoms with Crippen molar-refractivity contribution in [3.05, 3.63) is 47.1 Å². The van der Waals surface area contributed by atoms with Gasteiger partial charge in [-0.2, -0.15) is 13.2 Å². The lowest BCUT2D eigenvalue weighted by Crippen LogP contribution is -2.06. The van der Waals surface area contributed by atoms with Gasteiger partial charge in [-0.1, -0.05) is 11.6 Å². The molecule has 0 amide bonds. The van der Waals surface area contributed by atoms with Gasteiger partial charge in [0, 0.05) is 18.3 Å². The van der Waals surface area contributed by atoms with Crippen LogP contribution in [0.25, 0.3) is 0 Å². The Morgan fingerprint density at radius 2 is 1.72 bits per heavy atom. The van der Waals surface area contributed by atoms with E-state index in [9.17, 15) is 18.3 Å². The van der Waals surface area contributed by atoms with E-state index in [4.69, 9.17) is 21.1 Å². The molecule has 0 spiro atoms. The third kappa shape index (κ3) is 6.34. The molecule has 1 aromatic heterocycles. The van der Waals surface area contributed by atoms with Crippen LogP contribution in [0.1, 0.15) is 24.8 Å². The highest BCUT2D eigenvalue weighted by molar-refractivity contribution is 6.32. The first-order valence-electron chi connectivity index (χ1n) is 7.63. The summed E-state index contributed by atoms with van der Waals surface area (Å²) in [5.41, 5.74) is -0.800. The van der Waals surface area contributed by atoms with Crippen LogP contribution in [-0.2, 0) is 6.18 Å². The van der Waals surface area contributed by atoms with E-state index < -0.39 is 11.7 Å². The maximum Gasteiger partial charge on any atom is 0.417 e. The molecule has 2 rings (SSSR count). The van der Waals surface area contributed by atoms with Crippen molar-refractivity contribution < 1.29 is 27.8 Å². The van der Waals surface area contributed by atoms with Crippen molar-refractivity contribution in [1.82, 2.24) is 4.98 Å². The molecule has 0 radical (unpaired) electrons. The summed E-state index contributed by atoms with van der Waals surface area (Å²) in [5.74, 6) is 0.749. The molecule has 4 nitrogen and oxygen atoms in total. The number of phenolic OH excluding ortho intramolecular Hbond substituents is 1. The zero-order valence-electron chi connectivity index (χ0n) is 13.2. The number of hydrogen-bond donors (Lipinski definition) is 1. The van der Waals surface area contributed by atoms with Crippen LogP contribution in [0.4, 0.5) is 13.2 Å². The van der Waals surface area contributed by atoms with Gasteiger partial charge in [0.1, 0.15) is 11.5 Å². The Bertz CT molecular complexity index is 678. The number of unbranched alkanes of at least 4 members (excludes halogenated alkanes) is 2. The topological polar surface area (TPSA) is 51.6 Å². The van der Waals surface area contributed by atoms with Crippen molar-refractivity contribution in [2.45, 2.75) is 25.4 Å². The number of nitrogens with zero attached hydrogens (tertiary/aromatic N) is 1. The van der Waals surface area contributed by atoms with E-state index in [0.29, 0.717) is 19.0 Å². The molecular weight excluding hydrogens is 359 g/mol. The van der Waals surface area contributed by atoms with Gasteiger partial charge in [-0.15, -0.1) is 0 Å². The molecule has 0 bridgehead atoms. The molecule has 0 saturated carbocycles. The molecule has 0 aliphatic rings. The molecule has 0 aliphatic carbocycles. The van der Waals surface area contributed by atoms with Crippen molar-refractivity contribution in [3.8, 4) is 17.4 Å². The van der Waals surface area contributed by atoms with Crippen molar-refractivity contribution in [3.63, 3.8) is 0 Å². The van der Waals surface area contributed by atoms with Crippen LogP contribution in [0, 0.1) is 0 Å². The lowest BCUT2D eigenvalue weighted by atomic mass is 10.2. The van der Waals surface area contributed by atoms with E-state index in [1.54, 1.807) is 6.07 Å². The fourth-order valence-corrected chi connectivity index (χ4v) is 2.13. The van der Waals surface area contributed by atoms with Crippen LogP contribution in [-0.4, -0.2) is 23.3 Å². The number of hydrogen-bond acceptors (Lipinski definition) is 4. The van der Waals surface area contributed by atoms with Gasteiger partial charge in [-0.05, 0) is 37.5 Å². The van der Waals surface area contributed by atoms with E-state index in [-0.39, 0.29) is 16.7 Å². The SMILES string of the molecule is Oc1ccc(OCCCCCOc2ccc(C(F)(F)F)cn2)cc1Cl. The molecule has 0 unspecified atom stereocenters. The number of benzene rings is 1. The van der Waals surface area contributed by atoms with Gasteiger partial charge in [0.15, 0.2) is 0 Å². The first kappa shape index (κ1) is 19.2. The standard InChI is InChI=1S/C17H17ClF3NO3/c18-14-10-13(5-6-15(14)23)24-8-2-1-3-9-25-16-7-4-12(11-22-16)17(19,20)21/h4-7,10-11,23H,1-3,8-9H2. The number of aromatic nitrogens is 1. The fraction of sp³-hybridized carbons (Fsp3) is 0.353. The van der Waals surface area contributed by atoms with Crippen LogP contribution in [0.5, 0.6) is 17.4 Å². The summed E-state index contributed by atoms with van der Waals surface area (Å²) >= 11 is 5.77. The molecule has 136 valence electrons. The molecule has 25 heavy (non-hydrogen) atoms. The average molecular weight is 376 g/mol. The van der Waals surface area contributed by atoms with Crippen LogP contribution in [0.2, 0.25) is 5.02 Å². The Hall–Kier alpha value is -2.15. The molecule has 1 heterocycles. The fourth-order valence-electron chi connectivity index (χ4n) is 1.96. The molecule has 0 fully saturated rings. The van der Waals surface area contributed by atoms with Gasteiger partial charge >= 0.3 is 6.18 Å². The van der Waals surface area contributed by atoms with E-state index in [2.05, 4.69) is 4.98 Å². The highest BCUT2D eigenvalue weighted by Gasteiger charge is 2.30. The molecule has 1 aromatic carbocycles. The molecule has 2 aromatic rings. The summed E-state index contributed by atoms with van der Waals surface area (Å²) in [6.45, 7) is 0.850. The number of alkyl halides is 3. The lowest BCUT2D eigenvalue weighted by molar-refractivity contribution is -0.137. The van der Waals surface area contributed by atoms with Crippen molar-refractivity contribution in [2.24, 2.45) is 0 Å². The van der Waals surface area contributed by atoms with Gasteiger partial charge in [0.25, 0.3) is 0 Å². The molecule has 0 aliphatic heterocycles. The van der Waals surface area contributed by atoms with Gasteiger partial charge in [-0.3, -0.25) is 0 Å². The summed E-state index contributed by atoms with van der Waals surface area (Å²) in [6, 6.07) is 6.78. The van der Waals surface area contributed by atoms with Crippen LogP contribution >= 0.6 is 11.6 Å². The van der Waals surface area contributed by atoms with Crippen molar-refractivity contribution >= 4 is 11.6 Å². The maximum atomic E-state index is 12.4. The van der Waals surface area contributed by atoms with E-state index in [0.717, 1.165) is 31.5 Å². The van der Waals surface area contributed by atoms with Crippen LogP contribution in [0.3, 0.4) is 0 Å². The maximum absolute atomic E-state index is 12.4. The van der Waals surface area contributed by atoms with Gasteiger partial charge in [0.2, 0.25) is 5.88 Å². The number of phenols is 1. The average Bonchev–Trinajstić information content (AvgIpc) is 2.57. The van der Waals surface area contributed by atoms with E-state index in [1.807, 2.05) is 0 Å². The Balaban J connectivity index is 1.59. The van der Waals surface area contributed by atoms with Gasteiger partial charge in [0.05, 0.1) is 23.8 Å². The Morgan fingerprint density at radius 3 is 2.32 bits per heavy atom. The second-order valence-electron chi connectivity index (χ2n) is 5.25. The highest BCUT2D eigenvalue weighted by Crippen LogP contribution is 2.29. The second-order valence-corrected chi connectivity index (χ2v) is 5.66. The molecule has 1 N–H and O–H groups in total. The van der Waals surface area contributed by atoms with Crippen molar-refractivity contribution in [1.29, 1.82) is 0 Å². The Morgan fingerprint density at radius 1 is 1.00 bits per heavy atom. The zero-order valence-corrected chi connectivity index (χ0v) is 14.0. The van der Waals surface area contributed by atoms with E-state index in [1.165, 1.54) is 18.2 Å². The molecule has 0 saturated heterocycles. The highest BCUT2D eigenvalue weighted by atomic mass is 35.5. The zero-order chi connectivity index (χ0) is 18.3. The first-order valence-corrected chi connectivity index (χ1v) is 8.01. The van der Waals surface area contributed by atoms with Gasteiger partial charge < -0.3 is 14.6 Å². The summed E-state index contributed by atoms with van der Waals surface area (Å²) in [7, 11) is 0. The van der Waals surface area contributed by atoms with Gasteiger partial charge in [-0.25, -0.2) is 4.98 Å². The minimum Gasteiger partial charge on any atom is -0.506 e. The number of pyridine rings is 1. The number of rotatable bonds is 8. The summed E-state index contributed by atoms with van der Waals surface area (Å²) in [5, 5.41) is 9.53. The Kier molecular flexibility index (Phi) is 6.75. The summed E-state index contributed by atoms with van der Waals surface area (Å²) in [6.07, 6.45) is -1.31. The monoisotopic (exact) mass is 375 g/mol. The number of aromatic hydroxyl groups is 1.